The van der Waals surface area contributed by atoms with Gasteiger partial charge < -0.3 is 5.11 Å². The molecule has 0 heterocycles. The number of halogens is 3. The highest BCUT2D eigenvalue weighted by Crippen LogP contribution is 2.31. The van der Waals surface area contributed by atoms with Crippen LogP contribution in [0.5, 0.6) is 0 Å². The predicted molar refractivity (Wildman–Crippen MR) is 66.9 cm³/mol. The Morgan fingerprint density at radius 2 is 1.76 bits per heavy atom. The fourth-order valence-electron chi connectivity index (χ4n) is 1.62. The van der Waals surface area contributed by atoms with Crippen LogP contribution in [0.25, 0.3) is 0 Å². The summed E-state index contributed by atoms with van der Waals surface area (Å²) < 4.78 is 13.6. The standard InChI is InChI=1S/C13H9Cl2FO/c14-9-4-1-3-8(7-9)13(17)12-10(15)5-2-6-11(12)16/h1-7,13,17H. The lowest BCUT2D eigenvalue weighted by molar-refractivity contribution is 0.215. The van der Waals surface area contributed by atoms with E-state index in [2.05, 4.69) is 0 Å². The molecule has 0 aliphatic heterocycles. The van der Waals surface area contributed by atoms with E-state index in [1.54, 1.807) is 24.3 Å². The van der Waals surface area contributed by atoms with E-state index >= 15 is 0 Å². The highest BCUT2D eigenvalue weighted by atomic mass is 35.5. The molecular weight excluding hydrogens is 262 g/mol. The number of aliphatic hydroxyl groups excluding tert-OH is 1. The molecule has 0 aromatic heterocycles. The van der Waals surface area contributed by atoms with E-state index in [4.69, 9.17) is 23.2 Å². The fourth-order valence-corrected chi connectivity index (χ4v) is 2.08. The van der Waals surface area contributed by atoms with Crippen LogP contribution < -0.4 is 0 Å². The second-order valence-corrected chi connectivity index (χ2v) is 4.44. The van der Waals surface area contributed by atoms with Crippen LogP contribution in [0.3, 0.4) is 0 Å². The van der Waals surface area contributed by atoms with Crippen molar-refractivity contribution in [1.82, 2.24) is 0 Å². The van der Waals surface area contributed by atoms with Gasteiger partial charge in [-0.25, -0.2) is 4.39 Å². The molecule has 1 nitrogen and oxygen atoms in total. The van der Waals surface area contributed by atoms with Crippen molar-refractivity contribution < 1.29 is 9.50 Å². The van der Waals surface area contributed by atoms with E-state index in [9.17, 15) is 9.50 Å². The minimum absolute atomic E-state index is 0.0661. The molecule has 0 spiro atoms. The minimum atomic E-state index is -1.12. The second-order valence-electron chi connectivity index (χ2n) is 3.59. The molecule has 0 saturated heterocycles. The predicted octanol–water partition coefficient (Wildman–Crippen LogP) is 4.21. The Bertz CT molecular complexity index is 522. The minimum Gasteiger partial charge on any atom is -0.383 e. The third-order valence-corrected chi connectivity index (χ3v) is 3.00. The molecule has 2 aromatic rings. The highest BCUT2D eigenvalue weighted by molar-refractivity contribution is 6.31. The third-order valence-electron chi connectivity index (χ3n) is 2.44. The summed E-state index contributed by atoms with van der Waals surface area (Å²) in [4.78, 5) is 0. The summed E-state index contributed by atoms with van der Waals surface area (Å²) in [6.45, 7) is 0. The van der Waals surface area contributed by atoms with Crippen molar-refractivity contribution in [3.05, 3.63) is 69.5 Å². The molecule has 0 aliphatic carbocycles. The molecule has 2 aromatic carbocycles. The molecule has 0 saturated carbocycles. The fraction of sp³-hybridized carbons (Fsp3) is 0.0769. The van der Waals surface area contributed by atoms with Gasteiger partial charge in [0.05, 0.1) is 0 Å². The number of hydrogen-bond donors (Lipinski definition) is 1. The van der Waals surface area contributed by atoms with Crippen molar-refractivity contribution in [2.75, 3.05) is 0 Å². The molecule has 17 heavy (non-hydrogen) atoms. The molecule has 1 unspecified atom stereocenters. The van der Waals surface area contributed by atoms with Gasteiger partial charge in [0.15, 0.2) is 0 Å². The van der Waals surface area contributed by atoms with Crippen molar-refractivity contribution in [2.24, 2.45) is 0 Å². The van der Waals surface area contributed by atoms with E-state index in [0.717, 1.165) is 0 Å². The zero-order valence-corrected chi connectivity index (χ0v) is 10.2. The molecule has 0 radical (unpaired) electrons. The Labute approximate surface area is 108 Å². The quantitative estimate of drug-likeness (QED) is 0.867. The normalized spacial score (nSPS) is 12.5. The van der Waals surface area contributed by atoms with Crippen LogP contribution in [-0.2, 0) is 0 Å². The van der Waals surface area contributed by atoms with Gasteiger partial charge in [0.2, 0.25) is 0 Å². The Kier molecular flexibility index (Phi) is 3.67. The Balaban J connectivity index is 2.47. The van der Waals surface area contributed by atoms with Gasteiger partial charge >= 0.3 is 0 Å². The lowest BCUT2D eigenvalue weighted by Gasteiger charge is -2.14. The van der Waals surface area contributed by atoms with Crippen molar-refractivity contribution in [3.63, 3.8) is 0 Å². The van der Waals surface area contributed by atoms with Crippen molar-refractivity contribution in [1.29, 1.82) is 0 Å². The highest BCUT2D eigenvalue weighted by Gasteiger charge is 2.18. The monoisotopic (exact) mass is 270 g/mol. The molecular formula is C13H9Cl2FO. The first kappa shape index (κ1) is 12.4. The molecule has 4 heteroatoms. The summed E-state index contributed by atoms with van der Waals surface area (Å²) in [7, 11) is 0. The molecule has 0 bridgehead atoms. The lowest BCUT2D eigenvalue weighted by Crippen LogP contribution is -2.03. The van der Waals surface area contributed by atoms with E-state index in [-0.39, 0.29) is 10.6 Å². The third kappa shape index (κ3) is 2.60. The van der Waals surface area contributed by atoms with Gasteiger partial charge in [-0.15, -0.1) is 0 Å². The molecule has 0 amide bonds. The summed E-state index contributed by atoms with van der Waals surface area (Å²) in [5.41, 5.74) is 0.570. The van der Waals surface area contributed by atoms with Crippen molar-refractivity contribution >= 4 is 23.2 Å². The van der Waals surface area contributed by atoms with Crippen LogP contribution in [0.15, 0.2) is 42.5 Å². The first-order valence-corrected chi connectivity index (χ1v) is 5.72. The maximum Gasteiger partial charge on any atom is 0.130 e. The smallest absolute Gasteiger partial charge is 0.130 e. The molecule has 2 rings (SSSR count). The first-order valence-electron chi connectivity index (χ1n) is 4.97. The van der Waals surface area contributed by atoms with Crippen molar-refractivity contribution in [2.45, 2.75) is 6.10 Å². The zero-order valence-electron chi connectivity index (χ0n) is 8.70. The van der Waals surface area contributed by atoms with Gasteiger partial charge in [0, 0.05) is 15.6 Å². The van der Waals surface area contributed by atoms with Gasteiger partial charge in [-0.05, 0) is 29.8 Å². The van der Waals surface area contributed by atoms with Gasteiger partial charge in [0.1, 0.15) is 11.9 Å². The number of hydrogen-bond acceptors (Lipinski definition) is 1. The topological polar surface area (TPSA) is 20.2 Å². The summed E-state index contributed by atoms with van der Waals surface area (Å²) >= 11 is 11.7. The van der Waals surface area contributed by atoms with Crippen LogP contribution in [0.4, 0.5) is 4.39 Å². The zero-order chi connectivity index (χ0) is 12.4. The molecule has 0 fully saturated rings. The molecule has 1 N–H and O–H groups in total. The van der Waals surface area contributed by atoms with Crippen LogP contribution in [0, 0.1) is 5.82 Å². The number of benzene rings is 2. The SMILES string of the molecule is OC(c1cccc(Cl)c1)c1c(F)cccc1Cl. The average molecular weight is 271 g/mol. The van der Waals surface area contributed by atoms with Gasteiger partial charge in [0.25, 0.3) is 0 Å². The molecule has 0 aliphatic rings. The first-order chi connectivity index (χ1) is 8.09. The Morgan fingerprint density at radius 3 is 2.41 bits per heavy atom. The largest absolute Gasteiger partial charge is 0.383 e. The Hall–Kier alpha value is -1.09. The number of rotatable bonds is 2. The van der Waals surface area contributed by atoms with Gasteiger partial charge in [-0.3, -0.25) is 0 Å². The second kappa shape index (κ2) is 5.05. The van der Waals surface area contributed by atoms with E-state index in [1.807, 2.05) is 0 Å². The van der Waals surface area contributed by atoms with Crippen LogP contribution in [0.1, 0.15) is 17.2 Å². The number of aliphatic hydroxyl groups is 1. The summed E-state index contributed by atoms with van der Waals surface area (Å²) in [5.74, 6) is -0.537. The van der Waals surface area contributed by atoms with Crippen LogP contribution in [0.2, 0.25) is 10.0 Å². The van der Waals surface area contributed by atoms with E-state index in [1.165, 1.54) is 18.2 Å². The van der Waals surface area contributed by atoms with Crippen LogP contribution >= 0.6 is 23.2 Å². The van der Waals surface area contributed by atoms with E-state index < -0.39 is 11.9 Å². The molecule has 1 atom stereocenters. The lowest BCUT2D eigenvalue weighted by atomic mass is 10.0. The van der Waals surface area contributed by atoms with E-state index in [0.29, 0.717) is 10.6 Å². The van der Waals surface area contributed by atoms with Crippen LogP contribution in [-0.4, -0.2) is 5.11 Å². The average Bonchev–Trinajstić information content (AvgIpc) is 2.28. The summed E-state index contributed by atoms with van der Waals surface area (Å²) in [6, 6.07) is 10.9. The maximum absolute atomic E-state index is 13.6. The van der Waals surface area contributed by atoms with Gasteiger partial charge in [-0.2, -0.15) is 0 Å². The summed E-state index contributed by atoms with van der Waals surface area (Å²) in [6.07, 6.45) is -1.12. The van der Waals surface area contributed by atoms with Crippen molar-refractivity contribution in [3.8, 4) is 0 Å². The maximum atomic E-state index is 13.6. The summed E-state index contributed by atoms with van der Waals surface area (Å²) in [5, 5.41) is 10.8. The Morgan fingerprint density at radius 1 is 1.06 bits per heavy atom. The van der Waals surface area contributed by atoms with Gasteiger partial charge in [-0.1, -0.05) is 41.4 Å². The molecule has 88 valence electrons.